The van der Waals surface area contributed by atoms with E-state index in [2.05, 4.69) is 42.7 Å². The van der Waals surface area contributed by atoms with Gasteiger partial charge in [0.1, 0.15) is 5.75 Å². The van der Waals surface area contributed by atoms with Gasteiger partial charge in [-0.2, -0.15) is 0 Å². The Hall–Kier alpha value is -1.75. The van der Waals surface area contributed by atoms with Crippen LogP contribution in [0.2, 0.25) is 0 Å². The van der Waals surface area contributed by atoms with Crippen molar-refractivity contribution < 1.29 is 9.47 Å². The number of rotatable bonds is 6. The van der Waals surface area contributed by atoms with E-state index in [-0.39, 0.29) is 5.41 Å². The first-order chi connectivity index (χ1) is 13.2. The molecule has 1 aromatic rings. The number of hydrogen-bond acceptors (Lipinski definition) is 3. The first-order valence-electron chi connectivity index (χ1n) is 10.4. The van der Waals surface area contributed by atoms with Gasteiger partial charge in [0.25, 0.3) is 0 Å². The van der Waals surface area contributed by atoms with Gasteiger partial charge in [0.2, 0.25) is 0 Å². The Kier molecular flexibility index (Phi) is 7.00. The molecule has 150 valence electrons. The van der Waals surface area contributed by atoms with Gasteiger partial charge in [-0.1, -0.05) is 30.5 Å². The molecule has 1 saturated heterocycles. The zero-order chi connectivity index (χ0) is 19.1. The highest BCUT2D eigenvalue weighted by Gasteiger charge is 2.37. The van der Waals surface area contributed by atoms with Crippen LogP contribution in [0.15, 0.2) is 23.2 Å². The lowest BCUT2D eigenvalue weighted by Crippen LogP contribution is -2.44. The third-order valence-electron chi connectivity index (χ3n) is 5.96. The summed E-state index contributed by atoms with van der Waals surface area (Å²) < 4.78 is 11.4. The number of nitrogens with one attached hydrogen (secondary N) is 2. The minimum Gasteiger partial charge on any atom is -0.496 e. The van der Waals surface area contributed by atoms with Crippen LogP contribution in [0.5, 0.6) is 5.75 Å². The minimum atomic E-state index is -0.0341. The molecule has 5 nitrogen and oxygen atoms in total. The Morgan fingerprint density at radius 1 is 1.26 bits per heavy atom. The minimum absolute atomic E-state index is 0.0341. The van der Waals surface area contributed by atoms with E-state index < -0.39 is 0 Å². The second-order valence-electron chi connectivity index (χ2n) is 7.92. The van der Waals surface area contributed by atoms with Crippen LogP contribution >= 0.6 is 0 Å². The molecular weight excluding hydrogens is 338 g/mol. The number of ether oxygens (including phenoxy) is 2. The van der Waals surface area contributed by atoms with Crippen LogP contribution in [0.3, 0.4) is 0 Å². The number of guanidine groups is 1. The Labute approximate surface area is 163 Å². The van der Waals surface area contributed by atoms with Crippen LogP contribution in [-0.4, -0.2) is 45.4 Å². The van der Waals surface area contributed by atoms with E-state index in [0.29, 0.717) is 6.04 Å². The Balaban J connectivity index is 1.86. The maximum absolute atomic E-state index is 5.72. The molecule has 1 saturated carbocycles. The molecule has 5 heteroatoms. The van der Waals surface area contributed by atoms with Gasteiger partial charge in [-0.15, -0.1) is 0 Å². The normalized spacial score (nSPS) is 20.5. The van der Waals surface area contributed by atoms with E-state index in [1.807, 2.05) is 0 Å². The first-order valence-corrected chi connectivity index (χ1v) is 10.4. The summed E-state index contributed by atoms with van der Waals surface area (Å²) >= 11 is 0. The SMILES string of the molecule is CCNC(=NCC1(c2cc(C)ccc2OC)CCOCC1)NC1CCCC1. The van der Waals surface area contributed by atoms with Gasteiger partial charge in [-0.3, -0.25) is 4.99 Å². The molecule has 1 aromatic carbocycles. The molecule has 27 heavy (non-hydrogen) atoms. The smallest absolute Gasteiger partial charge is 0.191 e. The molecule has 0 bridgehead atoms. The van der Waals surface area contributed by atoms with Crippen molar-refractivity contribution in [3.8, 4) is 5.75 Å². The fourth-order valence-electron chi connectivity index (χ4n) is 4.32. The lowest BCUT2D eigenvalue weighted by molar-refractivity contribution is 0.0522. The number of aryl methyl sites for hydroxylation is 1. The molecule has 0 atom stereocenters. The number of methoxy groups -OCH3 is 1. The molecule has 0 amide bonds. The maximum Gasteiger partial charge on any atom is 0.191 e. The number of benzene rings is 1. The second kappa shape index (κ2) is 9.45. The fourth-order valence-corrected chi connectivity index (χ4v) is 4.32. The zero-order valence-electron chi connectivity index (χ0n) is 17.1. The van der Waals surface area contributed by atoms with Gasteiger partial charge in [0.15, 0.2) is 5.96 Å². The van der Waals surface area contributed by atoms with Gasteiger partial charge in [-0.05, 0) is 45.6 Å². The van der Waals surface area contributed by atoms with Crippen molar-refractivity contribution in [3.63, 3.8) is 0 Å². The molecule has 1 aliphatic heterocycles. The molecule has 2 N–H and O–H groups in total. The third-order valence-corrected chi connectivity index (χ3v) is 5.96. The number of hydrogen-bond donors (Lipinski definition) is 2. The molecule has 2 aliphatic rings. The van der Waals surface area contributed by atoms with Crippen molar-refractivity contribution in [3.05, 3.63) is 29.3 Å². The lowest BCUT2D eigenvalue weighted by Gasteiger charge is -2.37. The van der Waals surface area contributed by atoms with Crippen LogP contribution in [-0.2, 0) is 10.2 Å². The first kappa shape index (κ1) is 20.0. The Morgan fingerprint density at radius 3 is 2.67 bits per heavy atom. The molecule has 0 aromatic heterocycles. The lowest BCUT2D eigenvalue weighted by atomic mass is 9.73. The molecular formula is C22H35N3O2. The summed E-state index contributed by atoms with van der Waals surface area (Å²) in [6, 6.07) is 7.04. The second-order valence-corrected chi connectivity index (χ2v) is 7.92. The van der Waals surface area contributed by atoms with E-state index >= 15 is 0 Å². The average Bonchev–Trinajstić information content (AvgIpc) is 3.20. The maximum atomic E-state index is 5.72. The van der Waals surface area contributed by atoms with E-state index in [4.69, 9.17) is 14.5 Å². The highest BCUT2D eigenvalue weighted by Crippen LogP contribution is 2.40. The summed E-state index contributed by atoms with van der Waals surface area (Å²) in [5.74, 6) is 1.91. The van der Waals surface area contributed by atoms with Gasteiger partial charge in [-0.25, -0.2) is 0 Å². The zero-order valence-corrected chi connectivity index (χ0v) is 17.1. The van der Waals surface area contributed by atoms with Crippen molar-refractivity contribution >= 4 is 5.96 Å². The molecule has 3 rings (SSSR count). The molecule has 1 aliphatic carbocycles. The van der Waals surface area contributed by atoms with Crippen LogP contribution in [0, 0.1) is 6.92 Å². The fraction of sp³-hybridized carbons (Fsp3) is 0.682. The number of aliphatic imine (C=N–C) groups is 1. The van der Waals surface area contributed by atoms with E-state index in [0.717, 1.165) is 50.9 Å². The van der Waals surface area contributed by atoms with Crippen LogP contribution < -0.4 is 15.4 Å². The van der Waals surface area contributed by atoms with E-state index in [1.54, 1.807) is 7.11 Å². The standard InChI is InChI=1S/C22H35N3O2/c1-4-23-21(25-18-7-5-6-8-18)24-16-22(11-13-27-14-12-22)19-15-17(2)9-10-20(19)26-3/h9-10,15,18H,4-8,11-14,16H2,1-3H3,(H2,23,24,25). The highest BCUT2D eigenvalue weighted by molar-refractivity contribution is 5.80. The summed E-state index contributed by atoms with van der Waals surface area (Å²) in [6.45, 7) is 7.45. The monoisotopic (exact) mass is 373 g/mol. The van der Waals surface area contributed by atoms with Crippen LogP contribution in [0.4, 0.5) is 0 Å². The molecule has 1 heterocycles. The van der Waals surface area contributed by atoms with Crippen molar-refractivity contribution in [2.45, 2.75) is 63.8 Å². The molecule has 0 unspecified atom stereocenters. The van der Waals surface area contributed by atoms with Crippen molar-refractivity contribution in [2.75, 3.05) is 33.4 Å². The topological polar surface area (TPSA) is 54.9 Å². The highest BCUT2D eigenvalue weighted by atomic mass is 16.5. The predicted molar refractivity (Wildman–Crippen MR) is 111 cm³/mol. The summed E-state index contributed by atoms with van der Waals surface area (Å²) in [7, 11) is 1.76. The molecule has 2 fully saturated rings. The summed E-state index contributed by atoms with van der Waals surface area (Å²) in [5.41, 5.74) is 2.50. The molecule has 0 spiro atoms. The quantitative estimate of drug-likeness (QED) is 0.591. The molecule has 0 radical (unpaired) electrons. The van der Waals surface area contributed by atoms with E-state index in [9.17, 15) is 0 Å². The van der Waals surface area contributed by atoms with Crippen LogP contribution in [0.25, 0.3) is 0 Å². The largest absolute Gasteiger partial charge is 0.496 e. The third kappa shape index (κ3) is 4.95. The van der Waals surface area contributed by atoms with Gasteiger partial charge in [0, 0.05) is 36.8 Å². The predicted octanol–water partition coefficient (Wildman–Crippen LogP) is 3.55. The summed E-state index contributed by atoms with van der Waals surface area (Å²) in [5, 5.41) is 7.08. The Morgan fingerprint density at radius 2 is 2.00 bits per heavy atom. The van der Waals surface area contributed by atoms with Crippen molar-refractivity contribution in [1.29, 1.82) is 0 Å². The van der Waals surface area contributed by atoms with Gasteiger partial charge < -0.3 is 20.1 Å². The summed E-state index contributed by atoms with van der Waals surface area (Å²) in [6.07, 6.45) is 7.07. The van der Waals surface area contributed by atoms with Crippen LogP contribution in [0.1, 0.15) is 56.6 Å². The average molecular weight is 374 g/mol. The van der Waals surface area contributed by atoms with Gasteiger partial charge in [0.05, 0.1) is 13.7 Å². The van der Waals surface area contributed by atoms with Crippen molar-refractivity contribution in [2.24, 2.45) is 4.99 Å². The van der Waals surface area contributed by atoms with Gasteiger partial charge >= 0.3 is 0 Å². The number of nitrogens with zero attached hydrogens (tertiary/aromatic N) is 1. The van der Waals surface area contributed by atoms with E-state index in [1.165, 1.54) is 36.8 Å². The summed E-state index contributed by atoms with van der Waals surface area (Å²) in [4.78, 5) is 5.04. The van der Waals surface area contributed by atoms with Crippen molar-refractivity contribution in [1.82, 2.24) is 10.6 Å². The Bertz CT molecular complexity index is 632.